The van der Waals surface area contributed by atoms with Gasteiger partial charge in [0.1, 0.15) is 0 Å². The lowest BCUT2D eigenvalue weighted by Crippen LogP contribution is -1.94. The number of aromatic nitrogens is 2. The number of hydrogen-bond donors (Lipinski definition) is 0. The fourth-order valence-corrected chi connectivity index (χ4v) is 8.49. The Balaban J connectivity index is 1.15. The standard InChI is InChI=1S/C43H25N3S/c44-26-27-16-19-35-34-12-3-6-15-40(34)46(41(35)22-27)31-18-21-43-37(25-31)36-24-29(17-20-42(36)47-43)28-8-7-9-30(23-28)45-38-13-4-1-10-32(38)33-11-2-5-14-39(33)45/h1-25H. The Hall–Kier alpha value is -6.15. The summed E-state index contributed by atoms with van der Waals surface area (Å²) in [5.41, 5.74) is 9.91. The zero-order valence-corrected chi connectivity index (χ0v) is 26.0. The molecule has 3 aromatic heterocycles. The maximum absolute atomic E-state index is 9.69. The van der Waals surface area contributed by atoms with Crippen molar-refractivity contribution in [2.45, 2.75) is 0 Å². The number of hydrogen-bond acceptors (Lipinski definition) is 2. The maximum atomic E-state index is 9.69. The molecule has 0 unspecified atom stereocenters. The fraction of sp³-hybridized carbons (Fsp3) is 0. The second kappa shape index (κ2) is 9.92. The average Bonchev–Trinajstić information content (AvgIpc) is 3.78. The molecule has 218 valence electrons. The summed E-state index contributed by atoms with van der Waals surface area (Å²) >= 11 is 1.83. The molecule has 3 heterocycles. The summed E-state index contributed by atoms with van der Waals surface area (Å²) in [5.74, 6) is 0. The first-order chi connectivity index (χ1) is 23.2. The maximum Gasteiger partial charge on any atom is 0.0992 e. The van der Waals surface area contributed by atoms with E-state index in [9.17, 15) is 5.26 Å². The van der Waals surface area contributed by atoms with Gasteiger partial charge < -0.3 is 9.13 Å². The Labute approximate surface area is 274 Å². The Morgan fingerprint density at radius 1 is 0.404 bits per heavy atom. The minimum Gasteiger partial charge on any atom is -0.309 e. The van der Waals surface area contributed by atoms with Crippen molar-refractivity contribution in [3.05, 3.63) is 157 Å². The van der Waals surface area contributed by atoms with Gasteiger partial charge in [0.15, 0.2) is 0 Å². The number of rotatable bonds is 3. The zero-order valence-electron chi connectivity index (χ0n) is 25.2. The van der Waals surface area contributed by atoms with Crippen LogP contribution in [-0.4, -0.2) is 9.13 Å². The summed E-state index contributed by atoms with van der Waals surface area (Å²) in [6, 6.07) is 56.7. The lowest BCUT2D eigenvalue weighted by atomic mass is 10.0. The van der Waals surface area contributed by atoms with Crippen LogP contribution >= 0.6 is 11.3 Å². The molecular formula is C43H25N3S. The number of para-hydroxylation sites is 3. The molecule has 0 fully saturated rings. The smallest absolute Gasteiger partial charge is 0.0992 e. The summed E-state index contributed by atoms with van der Waals surface area (Å²) in [6.07, 6.45) is 0. The minimum atomic E-state index is 0.663. The van der Waals surface area contributed by atoms with E-state index in [-0.39, 0.29) is 0 Å². The van der Waals surface area contributed by atoms with Gasteiger partial charge in [-0.1, -0.05) is 78.9 Å². The van der Waals surface area contributed by atoms with Crippen molar-refractivity contribution in [2.75, 3.05) is 0 Å². The molecule has 4 heteroatoms. The highest BCUT2D eigenvalue weighted by Gasteiger charge is 2.16. The van der Waals surface area contributed by atoms with E-state index in [1.54, 1.807) is 0 Å². The number of nitrogens with zero attached hydrogens (tertiary/aromatic N) is 3. The lowest BCUT2D eigenvalue weighted by Gasteiger charge is -2.11. The number of thiophene rings is 1. The van der Waals surface area contributed by atoms with Gasteiger partial charge >= 0.3 is 0 Å². The van der Waals surface area contributed by atoms with E-state index in [1.807, 2.05) is 23.5 Å². The predicted octanol–water partition coefficient (Wildman–Crippen LogP) is 11.8. The van der Waals surface area contributed by atoms with Crippen LogP contribution in [-0.2, 0) is 0 Å². The van der Waals surface area contributed by atoms with Crippen molar-refractivity contribution in [1.82, 2.24) is 9.13 Å². The molecule has 0 spiro atoms. The summed E-state index contributed by atoms with van der Waals surface area (Å²) in [6.45, 7) is 0. The molecule has 0 aliphatic heterocycles. The van der Waals surface area contributed by atoms with E-state index >= 15 is 0 Å². The summed E-state index contributed by atoms with van der Waals surface area (Å²) < 4.78 is 7.21. The first-order valence-corrected chi connectivity index (χ1v) is 16.6. The molecule has 0 atom stereocenters. The van der Waals surface area contributed by atoms with Crippen molar-refractivity contribution in [3.8, 4) is 28.6 Å². The first-order valence-electron chi connectivity index (χ1n) is 15.7. The highest BCUT2D eigenvalue weighted by molar-refractivity contribution is 7.25. The van der Waals surface area contributed by atoms with Crippen molar-refractivity contribution in [2.24, 2.45) is 0 Å². The molecule has 0 aliphatic rings. The van der Waals surface area contributed by atoms with Gasteiger partial charge in [-0.2, -0.15) is 5.26 Å². The van der Waals surface area contributed by atoms with Crippen LogP contribution in [0.4, 0.5) is 0 Å². The number of nitriles is 1. The zero-order chi connectivity index (χ0) is 31.1. The minimum absolute atomic E-state index is 0.663. The van der Waals surface area contributed by atoms with Crippen molar-refractivity contribution in [1.29, 1.82) is 5.26 Å². The van der Waals surface area contributed by atoms with Crippen LogP contribution in [0.2, 0.25) is 0 Å². The predicted molar refractivity (Wildman–Crippen MR) is 198 cm³/mol. The van der Waals surface area contributed by atoms with E-state index in [0.29, 0.717) is 5.56 Å². The summed E-state index contributed by atoms with van der Waals surface area (Å²) in [7, 11) is 0. The fourth-order valence-electron chi connectivity index (χ4n) is 7.43. The Morgan fingerprint density at radius 3 is 1.64 bits per heavy atom. The molecule has 47 heavy (non-hydrogen) atoms. The molecular weight excluding hydrogens is 591 g/mol. The number of fused-ring (bicyclic) bond motifs is 9. The van der Waals surface area contributed by atoms with Gasteiger partial charge in [0.2, 0.25) is 0 Å². The molecule has 0 saturated carbocycles. The molecule has 0 bridgehead atoms. The van der Waals surface area contributed by atoms with Crippen molar-refractivity contribution < 1.29 is 0 Å². The van der Waals surface area contributed by atoms with Crippen molar-refractivity contribution >= 4 is 75.1 Å². The van der Waals surface area contributed by atoms with Gasteiger partial charge in [-0.15, -0.1) is 11.3 Å². The molecule has 3 nitrogen and oxygen atoms in total. The van der Waals surface area contributed by atoms with Gasteiger partial charge in [0.25, 0.3) is 0 Å². The number of benzene rings is 7. The third-order valence-electron chi connectivity index (χ3n) is 9.53. The molecule has 10 rings (SSSR count). The van der Waals surface area contributed by atoms with Crippen LogP contribution in [0.25, 0.3) is 86.3 Å². The van der Waals surface area contributed by atoms with E-state index in [2.05, 4.69) is 155 Å². The molecule has 0 radical (unpaired) electrons. The van der Waals surface area contributed by atoms with Crippen LogP contribution in [0.1, 0.15) is 5.56 Å². The highest BCUT2D eigenvalue weighted by atomic mass is 32.1. The highest BCUT2D eigenvalue weighted by Crippen LogP contribution is 2.40. The third-order valence-corrected chi connectivity index (χ3v) is 10.7. The van der Waals surface area contributed by atoms with E-state index in [1.165, 1.54) is 58.5 Å². The lowest BCUT2D eigenvalue weighted by molar-refractivity contribution is 1.18. The normalized spacial score (nSPS) is 11.8. The van der Waals surface area contributed by atoms with Crippen LogP contribution in [0, 0.1) is 11.3 Å². The van der Waals surface area contributed by atoms with Crippen LogP contribution in [0.3, 0.4) is 0 Å². The average molecular weight is 616 g/mol. The topological polar surface area (TPSA) is 33.6 Å². The summed E-state index contributed by atoms with van der Waals surface area (Å²) in [4.78, 5) is 0. The van der Waals surface area contributed by atoms with Crippen LogP contribution in [0.5, 0.6) is 0 Å². The van der Waals surface area contributed by atoms with Crippen molar-refractivity contribution in [3.63, 3.8) is 0 Å². The molecule has 0 aliphatic carbocycles. The molecule has 0 amide bonds. The Kier molecular flexibility index (Phi) is 5.51. The SMILES string of the molecule is N#Cc1ccc2c3ccccc3n(-c3ccc4sc5ccc(-c6cccc(-n7c8ccccc8c8ccccc87)c6)cc5c4c3)c2c1. The molecule has 0 N–H and O–H groups in total. The summed E-state index contributed by atoms with van der Waals surface area (Å²) in [5, 5.41) is 17.1. The van der Waals surface area contributed by atoms with Crippen LogP contribution in [0.15, 0.2) is 152 Å². The molecule has 10 aromatic rings. The van der Waals surface area contributed by atoms with E-state index < -0.39 is 0 Å². The Bertz CT molecular complexity index is 2880. The molecule has 7 aromatic carbocycles. The van der Waals surface area contributed by atoms with E-state index in [4.69, 9.17) is 0 Å². The second-order valence-corrected chi connectivity index (χ2v) is 13.2. The van der Waals surface area contributed by atoms with Gasteiger partial charge in [0.05, 0.1) is 33.7 Å². The van der Waals surface area contributed by atoms with Crippen LogP contribution < -0.4 is 0 Å². The van der Waals surface area contributed by atoms with Gasteiger partial charge in [-0.25, -0.2) is 0 Å². The van der Waals surface area contributed by atoms with E-state index in [0.717, 1.165) is 27.8 Å². The van der Waals surface area contributed by atoms with Gasteiger partial charge in [0, 0.05) is 53.1 Å². The quantitative estimate of drug-likeness (QED) is 0.195. The largest absolute Gasteiger partial charge is 0.309 e. The Morgan fingerprint density at radius 2 is 0.957 bits per heavy atom. The molecule has 0 saturated heterocycles. The van der Waals surface area contributed by atoms with Gasteiger partial charge in [-0.3, -0.25) is 0 Å². The monoisotopic (exact) mass is 615 g/mol. The third kappa shape index (κ3) is 3.85. The van der Waals surface area contributed by atoms with Gasteiger partial charge in [-0.05, 0) is 83.9 Å². The first kappa shape index (κ1) is 26.1. The second-order valence-electron chi connectivity index (χ2n) is 12.1.